The van der Waals surface area contributed by atoms with E-state index in [0.29, 0.717) is 6.04 Å². The summed E-state index contributed by atoms with van der Waals surface area (Å²) in [5.41, 5.74) is -0.145. The van der Waals surface area contributed by atoms with E-state index in [-0.39, 0.29) is 17.1 Å². The van der Waals surface area contributed by atoms with Gasteiger partial charge in [0.1, 0.15) is 11.6 Å². The zero-order chi connectivity index (χ0) is 34.0. The Morgan fingerprint density at radius 3 is 1.74 bits per heavy atom. The first-order chi connectivity index (χ1) is 21.8. The van der Waals surface area contributed by atoms with Gasteiger partial charge in [-0.1, -0.05) is 104 Å². The Hall–Kier alpha value is -2.15. The summed E-state index contributed by atoms with van der Waals surface area (Å²) in [5.74, 6) is -16.3. The van der Waals surface area contributed by atoms with Crippen molar-refractivity contribution in [3.63, 3.8) is 0 Å². The second-order valence-electron chi connectivity index (χ2n) is 13.6. The van der Waals surface area contributed by atoms with Crippen molar-refractivity contribution in [2.45, 2.75) is 134 Å². The molecule has 1 fully saturated rings. The maximum absolute atomic E-state index is 16.2. The van der Waals surface area contributed by atoms with Crippen molar-refractivity contribution in [2.75, 3.05) is 0 Å². The van der Waals surface area contributed by atoms with Crippen molar-refractivity contribution < 1.29 is 39.5 Å². The average molecular weight is 691 g/mol. The van der Waals surface area contributed by atoms with Crippen LogP contribution in [0.2, 0.25) is 41.3 Å². The predicted octanol–water partition coefficient (Wildman–Crippen LogP) is 13.2. The van der Waals surface area contributed by atoms with Gasteiger partial charge in [0.15, 0.2) is 34.8 Å². The second kappa shape index (κ2) is 15.0. The van der Waals surface area contributed by atoms with Gasteiger partial charge in [-0.05, 0) is 36.0 Å². The molecule has 0 aliphatic heterocycles. The molecule has 1 aliphatic carbocycles. The van der Waals surface area contributed by atoms with Crippen LogP contribution in [0.3, 0.4) is 0 Å². The van der Waals surface area contributed by atoms with Gasteiger partial charge in [-0.2, -0.15) is 4.39 Å². The van der Waals surface area contributed by atoms with Gasteiger partial charge in [-0.3, -0.25) is 0 Å². The van der Waals surface area contributed by atoms with Gasteiger partial charge in [0.2, 0.25) is 5.82 Å². The molecular weight excluding hydrogens is 645 g/mol. The van der Waals surface area contributed by atoms with Crippen LogP contribution in [0.15, 0.2) is 6.07 Å². The fourth-order valence-corrected chi connectivity index (χ4v) is 16.7. The van der Waals surface area contributed by atoms with E-state index in [1.165, 1.54) is 24.2 Å². The molecule has 0 N–H and O–H groups in total. The minimum absolute atomic E-state index is 0.00633. The smallest absolute Gasteiger partial charge is 0.257 e. The zero-order valence-electron chi connectivity index (χ0n) is 27.6. The molecule has 4 rings (SSSR count). The summed E-state index contributed by atoms with van der Waals surface area (Å²) < 4.78 is 128. The Morgan fingerprint density at radius 1 is 0.630 bits per heavy atom. The molecule has 11 heteroatoms. The highest BCUT2D eigenvalue weighted by Gasteiger charge is 2.49. The third-order valence-electron chi connectivity index (χ3n) is 11.2. The molecule has 0 aromatic heterocycles. The lowest BCUT2D eigenvalue weighted by Gasteiger charge is -2.43. The lowest BCUT2D eigenvalue weighted by atomic mass is 9.99. The van der Waals surface area contributed by atoms with Crippen molar-refractivity contribution in [1.82, 2.24) is 0 Å². The molecule has 1 nitrogen and oxygen atoms in total. The molecule has 0 spiro atoms. The van der Waals surface area contributed by atoms with Crippen molar-refractivity contribution in [3.05, 3.63) is 52.6 Å². The number of benzene rings is 3. The van der Waals surface area contributed by atoms with Gasteiger partial charge in [0, 0.05) is 5.39 Å². The maximum Gasteiger partial charge on any atom is 0.257 e. The highest BCUT2D eigenvalue weighted by atomic mass is 28.4. The summed E-state index contributed by atoms with van der Waals surface area (Å²) in [6.45, 7) is 10.7. The summed E-state index contributed by atoms with van der Waals surface area (Å²) in [6, 6.07) is 5.74. The summed E-state index contributed by atoms with van der Waals surface area (Å²) in [6.07, 6.45) is 8.22. The molecule has 1 saturated carbocycles. The van der Waals surface area contributed by atoms with Gasteiger partial charge in [0.25, 0.3) is 8.32 Å². The van der Waals surface area contributed by atoms with Crippen LogP contribution in [-0.2, 0) is 0 Å². The van der Waals surface area contributed by atoms with E-state index in [0.717, 1.165) is 57.8 Å². The van der Waals surface area contributed by atoms with E-state index in [1.54, 1.807) is 0 Å². The highest BCUT2D eigenvalue weighted by Crippen LogP contribution is 2.49. The predicted molar refractivity (Wildman–Crippen MR) is 175 cm³/mol. The van der Waals surface area contributed by atoms with E-state index in [4.69, 9.17) is 4.43 Å². The number of rotatable bonds is 14. The molecule has 1 atom stereocenters. The molecule has 0 amide bonds. The van der Waals surface area contributed by atoms with Crippen LogP contribution < -0.4 is 4.43 Å². The molecule has 0 radical (unpaired) electrons. The van der Waals surface area contributed by atoms with Crippen LogP contribution in [0.25, 0.3) is 21.5 Å². The van der Waals surface area contributed by atoms with Crippen LogP contribution in [0.1, 0.15) is 92.4 Å². The summed E-state index contributed by atoms with van der Waals surface area (Å²) in [7, 11) is -4.39. The summed E-state index contributed by atoms with van der Waals surface area (Å²) in [4.78, 5) is 0. The van der Waals surface area contributed by atoms with Crippen LogP contribution in [-0.4, -0.2) is 16.4 Å². The van der Waals surface area contributed by atoms with Crippen LogP contribution >= 0.6 is 0 Å². The molecule has 1 aliphatic rings. The molecule has 256 valence electrons. The van der Waals surface area contributed by atoms with Gasteiger partial charge in [-0.25, -0.2) is 30.7 Å². The van der Waals surface area contributed by atoms with E-state index in [9.17, 15) is 13.2 Å². The van der Waals surface area contributed by atoms with Crippen molar-refractivity contribution in [2.24, 2.45) is 0 Å². The monoisotopic (exact) mass is 690 g/mol. The summed E-state index contributed by atoms with van der Waals surface area (Å²) in [5, 5.41) is -5.40. The van der Waals surface area contributed by atoms with Gasteiger partial charge >= 0.3 is 0 Å². The highest BCUT2D eigenvalue weighted by molar-refractivity contribution is 6.79. The third-order valence-corrected chi connectivity index (χ3v) is 22.7. The maximum atomic E-state index is 16.2. The van der Waals surface area contributed by atoms with E-state index < -0.39 is 90.2 Å². The largest absolute Gasteiger partial charge is 0.539 e. The molecule has 46 heavy (non-hydrogen) atoms. The molecule has 0 bridgehead atoms. The SMILES string of the molecule is CC[Si](CC)(CC)CCCCCC[Si](Oc1c(F)c(F)c2c(F)c3cc(F)c(F)c(F)c3c(F)c2c1F)(C(C)C)C1CCCCC1. The Bertz CT molecular complexity index is 1540. The topological polar surface area (TPSA) is 9.23 Å². The average Bonchev–Trinajstić information content (AvgIpc) is 3.05. The van der Waals surface area contributed by atoms with Crippen LogP contribution in [0, 0.1) is 46.5 Å². The number of fused-ring (bicyclic) bond motifs is 2. The minimum atomic E-state index is -3.15. The number of hydrogen-bond donors (Lipinski definition) is 0. The number of unbranched alkanes of at least 4 members (excludes halogenated alkanes) is 3. The molecule has 0 heterocycles. The zero-order valence-corrected chi connectivity index (χ0v) is 29.6. The quantitative estimate of drug-likeness (QED) is 0.0409. The summed E-state index contributed by atoms with van der Waals surface area (Å²) >= 11 is 0. The second-order valence-corrected chi connectivity index (χ2v) is 23.8. The van der Waals surface area contributed by atoms with Crippen LogP contribution in [0.4, 0.5) is 35.1 Å². The molecule has 3 aromatic carbocycles. The first-order valence-electron chi connectivity index (χ1n) is 16.9. The first kappa shape index (κ1) is 36.7. The lowest BCUT2D eigenvalue weighted by Crippen LogP contribution is -2.50. The van der Waals surface area contributed by atoms with Crippen LogP contribution in [0.5, 0.6) is 5.75 Å². The van der Waals surface area contributed by atoms with E-state index in [2.05, 4.69) is 20.8 Å². The Morgan fingerprint density at radius 2 is 1.17 bits per heavy atom. The van der Waals surface area contributed by atoms with Gasteiger partial charge in [0.05, 0.1) is 24.2 Å². The van der Waals surface area contributed by atoms with Gasteiger partial charge < -0.3 is 4.43 Å². The fraction of sp³-hybridized carbons (Fsp3) is 0.600. The Kier molecular flexibility index (Phi) is 11.9. The minimum Gasteiger partial charge on any atom is -0.539 e. The Balaban J connectivity index is 1.76. The first-order valence-corrected chi connectivity index (χ1v) is 22.0. The molecule has 0 saturated heterocycles. The molecular formula is C35H46F8OSi2. The van der Waals surface area contributed by atoms with Crippen molar-refractivity contribution >= 4 is 37.9 Å². The lowest BCUT2D eigenvalue weighted by molar-refractivity contribution is 0.376. The third kappa shape index (κ3) is 6.60. The van der Waals surface area contributed by atoms with Crippen molar-refractivity contribution in [1.29, 1.82) is 0 Å². The van der Waals surface area contributed by atoms with E-state index >= 15 is 22.0 Å². The number of halogens is 8. The normalized spacial score (nSPS) is 16.1. The van der Waals surface area contributed by atoms with E-state index in [1.807, 2.05) is 13.8 Å². The standard InChI is InChI=1S/C35H46F8OSi2/c1-6-45(7-2,8-3)18-14-9-10-15-19-46(21(4)5,22-16-12-11-13-17-22)44-35-33(42)27-26(32(41)34(35)43)28(37)23-20-24(36)29(38)31(40)25(23)30(27)39/h20-22H,6-19H2,1-5H3. The van der Waals surface area contributed by atoms with Crippen molar-refractivity contribution in [3.8, 4) is 5.75 Å². The number of hydrogen-bond acceptors (Lipinski definition) is 1. The molecule has 1 unspecified atom stereocenters. The van der Waals surface area contributed by atoms with Gasteiger partial charge in [-0.15, -0.1) is 0 Å². The Labute approximate surface area is 269 Å². The fourth-order valence-electron chi connectivity index (χ4n) is 7.92. The molecule has 3 aromatic rings.